The summed E-state index contributed by atoms with van der Waals surface area (Å²) >= 11 is 0. The van der Waals surface area contributed by atoms with Gasteiger partial charge >= 0.3 is 0 Å². The van der Waals surface area contributed by atoms with E-state index >= 15 is 0 Å². The van der Waals surface area contributed by atoms with E-state index in [0.717, 1.165) is 0 Å². The van der Waals surface area contributed by atoms with E-state index in [1.165, 1.54) is 30.8 Å². The molecular weight excluding hydrogens is 342 g/mol. The standard InChI is InChI=1S/C17H24N3O4S/c1-13(2)8-9-17(22)20(14-6-5-10-18-12-15(14)21)25(23,24)16-7-3-4-11-19-16/h3-4,7,9,11,13-14,18H,5-6,8,10,12H2,1-2H3/t14-/m0/s1/i12D,14D/t12?,14-. The molecule has 1 aromatic heterocycles. The molecule has 1 aliphatic heterocycles. The highest BCUT2D eigenvalue weighted by Crippen LogP contribution is 2.22. The van der Waals surface area contributed by atoms with Gasteiger partial charge in [0.25, 0.3) is 10.0 Å². The summed E-state index contributed by atoms with van der Waals surface area (Å²) < 4.78 is 43.1. The van der Waals surface area contributed by atoms with Crippen LogP contribution >= 0.6 is 0 Å². The van der Waals surface area contributed by atoms with Crippen molar-refractivity contribution in [2.45, 2.75) is 44.2 Å². The minimum absolute atomic E-state index is 0.0884. The van der Waals surface area contributed by atoms with Gasteiger partial charge in [-0.25, -0.2) is 9.29 Å². The Labute approximate surface area is 151 Å². The minimum atomic E-state index is -4.56. The summed E-state index contributed by atoms with van der Waals surface area (Å²) in [4.78, 5) is 29.3. The summed E-state index contributed by atoms with van der Waals surface area (Å²) in [6, 6.07) is 1.77. The molecule has 1 radical (unpaired) electrons. The molecule has 1 unspecified atom stereocenters. The van der Waals surface area contributed by atoms with Gasteiger partial charge in [-0.1, -0.05) is 19.9 Å². The van der Waals surface area contributed by atoms with Crippen molar-refractivity contribution in [3.8, 4) is 0 Å². The number of rotatable bonds is 6. The molecule has 1 aromatic rings. The first-order valence-electron chi connectivity index (χ1n) is 9.22. The Morgan fingerprint density at radius 1 is 1.56 bits per heavy atom. The van der Waals surface area contributed by atoms with E-state index in [1.54, 1.807) is 0 Å². The number of hydrogen-bond acceptors (Lipinski definition) is 6. The average molecular weight is 368 g/mol. The molecule has 2 heterocycles. The molecule has 1 aliphatic rings. The van der Waals surface area contributed by atoms with Crippen LogP contribution in [0.4, 0.5) is 0 Å². The molecule has 0 saturated carbocycles. The van der Waals surface area contributed by atoms with Gasteiger partial charge in [0, 0.05) is 6.20 Å². The number of aromatic nitrogens is 1. The fraction of sp³-hybridized carbons (Fsp3) is 0.529. The van der Waals surface area contributed by atoms with Gasteiger partial charge in [-0.3, -0.25) is 9.59 Å². The summed E-state index contributed by atoms with van der Waals surface area (Å²) in [5.41, 5.74) is 0. The normalized spacial score (nSPS) is 25.9. The maximum Gasteiger partial charge on any atom is 0.284 e. The van der Waals surface area contributed by atoms with Crippen LogP contribution in [-0.2, 0) is 19.6 Å². The number of carbonyl (C=O) groups excluding carboxylic acids is 2. The van der Waals surface area contributed by atoms with E-state index in [-0.39, 0.29) is 25.3 Å². The zero-order valence-corrected chi connectivity index (χ0v) is 15.1. The molecule has 1 fully saturated rings. The van der Waals surface area contributed by atoms with Crippen molar-refractivity contribution in [3.63, 3.8) is 0 Å². The Kier molecular flexibility index (Phi) is 5.68. The molecule has 1 saturated heterocycles. The van der Waals surface area contributed by atoms with E-state index in [1.807, 2.05) is 13.8 Å². The minimum Gasteiger partial charge on any atom is -0.310 e. The van der Waals surface area contributed by atoms with E-state index in [4.69, 9.17) is 2.74 Å². The van der Waals surface area contributed by atoms with Crippen molar-refractivity contribution in [1.82, 2.24) is 14.6 Å². The highest BCUT2D eigenvalue weighted by molar-refractivity contribution is 7.89. The zero-order valence-electron chi connectivity index (χ0n) is 16.3. The maximum atomic E-state index is 13.2. The van der Waals surface area contributed by atoms with Gasteiger partial charge in [0.1, 0.15) is 6.02 Å². The SMILES string of the molecule is [2H]C1NCCC[C@]([2H])(N(C(=O)[CH]CC(C)C)S(=O)(=O)c2ccccn2)C1=O. The van der Waals surface area contributed by atoms with Gasteiger partial charge in [0.15, 0.2) is 10.8 Å². The van der Waals surface area contributed by atoms with Crippen LogP contribution in [0.5, 0.6) is 0 Å². The molecule has 0 spiro atoms. The van der Waals surface area contributed by atoms with Gasteiger partial charge in [-0.05, 0) is 43.9 Å². The third-order valence-electron chi connectivity index (χ3n) is 3.60. The van der Waals surface area contributed by atoms with Gasteiger partial charge in [-0.2, -0.15) is 8.42 Å². The predicted molar refractivity (Wildman–Crippen MR) is 92.9 cm³/mol. The number of hydrogen-bond donors (Lipinski definition) is 1. The highest BCUT2D eigenvalue weighted by atomic mass is 32.2. The number of nitrogens with one attached hydrogen (secondary N) is 1. The molecule has 0 aliphatic carbocycles. The predicted octanol–water partition coefficient (Wildman–Crippen LogP) is 1.17. The lowest BCUT2D eigenvalue weighted by atomic mass is 10.1. The van der Waals surface area contributed by atoms with Crippen LogP contribution in [0.2, 0.25) is 0 Å². The lowest BCUT2D eigenvalue weighted by molar-refractivity contribution is -0.131. The van der Waals surface area contributed by atoms with Crippen molar-refractivity contribution in [1.29, 1.82) is 0 Å². The van der Waals surface area contributed by atoms with Gasteiger partial charge in [0.2, 0.25) is 5.91 Å². The van der Waals surface area contributed by atoms with Gasteiger partial charge < -0.3 is 5.32 Å². The molecule has 0 aromatic carbocycles. The van der Waals surface area contributed by atoms with Gasteiger partial charge in [0.05, 0.1) is 15.7 Å². The zero-order chi connectivity index (χ0) is 20.2. The van der Waals surface area contributed by atoms with Crippen molar-refractivity contribution in [3.05, 3.63) is 30.8 Å². The van der Waals surface area contributed by atoms with E-state index < -0.39 is 39.3 Å². The number of ketones is 1. The fourth-order valence-electron chi connectivity index (χ4n) is 2.34. The molecule has 1 N–H and O–H groups in total. The van der Waals surface area contributed by atoms with Crippen LogP contribution in [0.15, 0.2) is 29.4 Å². The Hall–Kier alpha value is -1.80. The summed E-state index contributed by atoms with van der Waals surface area (Å²) in [6.07, 6.45) is 2.80. The summed E-state index contributed by atoms with van der Waals surface area (Å²) in [6.45, 7) is 2.52. The molecule has 25 heavy (non-hydrogen) atoms. The highest BCUT2D eigenvalue weighted by Gasteiger charge is 2.40. The van der Waals surface area contributed by atoms with Crippen LogP contribution in [0, 0.1) is 12.3 Å². The summed E-state index contributed by atoms with van der Waals surface area (Å²) in [5.74, 6) is -1.84. The molecule has 2 rings (SSSR count). The van der Waals surface area contributed by atoms with Crippen molar-refractivity contribution in [2.75, 3.05) is 13.1 Å². The Morgan fingerprint density at radius 2 is 2.32 bits per heavy atom. The lowest BCUT2D eigenvalue weighted by Crippen LogP contribution is -2.49. The van der Waals surface area contributed by atoms with Crippen molar-refractivity contribution < 1.29 is 20.7 Å². The van der Waals surface area contributed by atoms with Crippen LogP contribution in [0.3, 0.4) is 0 Å². The first-order valence-corrected chi connectivity index (χ1v) is 9.58. The average Bonchev–Trinajstić information content (AvgIpc) is 2.74. The summed E-state index contributed by atoms with van der Waals surface area (Å²) in [5, 5.41) is 2.20. The Balaban J connectivity index is 2.55. The van der Waals surface area contributed by atoms with Crippen LogP contribution < -0.4 is 5.32 Å². The number of nitrogens with zero attached hydrogens (tertiary/aromatic N) is 2. The Morgan fingerprint density at radius 3 is 2.96 bits per heavy atom. The second kappa shape index (κ2) is 8.53. The Bertz CT molecular complexity index is 789. The lowest BCUT2D eigenvalue weighted by Gasteiger charge is -2.29. The topological polar surface area (TPSA) is 96.4 Å². The number of Topliss-reactive ketones (excluding diaryl/α,β-unsaturated/α-hetero) is 1. The number of carbonyl (C=O) groups is 2. The number of sulfonamides is 1. The molecule has 8 heteroatoms. The largest absolute Gasteiger partial charge is 0.310 e. The molecule has 2 atom stereocenters. The van der Waals surface area contributed by atoms with E-state index in [9.17, 15) is 18.0 Å². The van der Waals surface area contributed by atoms with Crippen LogP contribution in [-0.4, -0.2) is 48.5 Å². The van der Waals surface area contributed by atoms with E-state index in [2.05, 4.69) is 10.3 Å². The first kappa shape index (κ1) is 16.7. The fourth-order valence-corrected chi connectivity index (χ4v) is 3.75. The van der Waals surface area contributed by atoms with Crippen LogP contribution in [0.25, 0.3) is 0 Å². The first-order chi connectivity index (χ1) is 12.6. The molecule has 0 bridgehead atoms. The van der Waals surface area contributed by atoms with Crippen molar-refractivity contribution in [2.24, 2.45) is 5.92 Å². The molecular formula is C17H24N3O4S. The number of pyridine rings is 1. The summed E-state index contributed by atoms with van der Waals surface area (Å²) in [7, 11) is -4.56. The third-order valence-corrected chi connectivity index (χ3v) is 5.25. The number of amides is 1. The smallest absolute Gasteiger partial charge is 0.284 e. The molecule has 1 amide bonds. The molecule has 137 valence electrons. The van der Waals surface area contributed by atoms with E-state index in [0.29, 0.717) is 10.7 Å². The second-order valence-corrected chi connectivity index (χ2v) is 7.86. The van der Waals surface area contributed by atoms with Crippen LogP contribution in [0.1, 0.15) is 35.9 Å². The second-order valence-electron chi connectivity index (χ2n) is 6.12. The van der Waals surface area contributed by atoms with Crippen molar-refractivity contribution >= 4 is 21.7 Å². The monoisotopic (exact) mass is 368 g/mol. The quantitative estimate of drug-likeness (QED) is 0.810. The third kappa shape index (κ3) is 4.85. The van der Waals surface area contributed by atoms with Gasteiger partial charge in [-0.15, -0.1) is 0 Å². The maximum absolute atomic E-state index is 13.2. The molecule has 7 nitrogen and oxygen atoms in total.